The Morgan fingerprint density at radius 1 is 0.806 bits per heavy atom. The smallest absolute Gasteiger partial charge is 0.328 e. The normalized spacial score (nSPS) is 11.9. The van der Waals surface area contributed by atoms with E-state index >= 15 is 0 Å². The summed E-state index contributed by atoms with van der Waals surface area (Å²) in [4.78, 5) is 38.7. The van der Waals surface area contributed by atoms with Gasteiger partial charge < -0.3 is 20.1 Å². The molecule has 0 atom stereocenters. The Hall–Kier alpha value is -4.31. The third-order valence-corrected chi connectivity index (χ3v) is 6.02. The van der Waals surface area contributed by atoms with Gasteiger partial charge in [-0.2, -0.15) is 0 Å². The summed E-state index contributed by atoms with van der Waals surface area (Å²) in [6, 6.07) is 17.5. The molecule has 10 heteroatoms. The molecule has 0 aliphatic carbocycles. The van der Waals surface area contributed by atoms with E-state index in [2.05, 4.69) is 32.0 Å². The second-order valence-electron chi connectivity index (χ2n) is 8.36. The summed E-state index contributed by atoms with van der Waals surface area (Å²) in [5.41, 5.74) is 6.26. The maximum absolute atomic E-state index is 13.2. The van der Waals surface area contributed by atoms with Crippen molar-refractivity contribution >= 4 is 55.9 Å². The van der Waals surface area contributed by atoms with Crippen molar-refractivity contribution in [2.75, 3.05) is 22.9 Å². The lowest BCUT2D eigenvalue weighted by Gasteiger charge is -2.13. The van der Waals surface area contributed by atoms with Gasteiger partial charge in [0.05, 0.1) is 5.52 Å². The molecule has 2 heterocycles. The van der Waals surface area contributed by atoms with Crippen molar-refractivity contribution in [3.63, 3.8) is 0 Å². The molecule has 1 aliphatic rings. The number of rotatable bonds is 4. The van der Waals surface area contributed by atoms with Crippen molar-refractivity contribution in [3.05, 3.63) is 82.0 Å². The summed E-state index contributed by atoms with van der Waals surface area (Å²) in [5.74, 6) is -1.27. The number of carbonyl (C=O) groups excluding carboxylic acids is 3. The molecule has 9 nitrogen and oxygen atoms in total. The Morgan fingerprint density at radius 3 is 2.33 bits per heavy atom. The molecule has 182 valence electrons. The van der Waals surface area contributed by atoms with Gasteiger partial charge in [-0.25, -0.2) is 4.68 Å². The van der Waals surface area contributed by atoms with Crippen LogP contribution in [0.4, 0.5) is 11.4 Å². The van der Waals surface area contributed by atoms with Crippen LogP contribution in [0.2, 0.25) is 0 Å². The summed E-state index contributed by atoms with van der Waals surface area (Å²) in [6.07, 6.45) is 0. The number of aromatic nitrogens is 1. The van der Waals surface area contributed by atoms with Crippen LogP contribution in [0.25, 0.3) is 10.9 Å². The third-order valence-electron chi connectivity index (χ3n) is 5.53. The first-order chi connectivity index (χ1) is 17.3. The highest BCUT2D eigenvalue weighted by molar-refractivity contribution is 9.10. The number of halogens is 1. The number of amides is 3. The van der Waals surface area contributed by atoms with Crippen LogP contribution < -0.4 is 25.5 Å². The number of fused-ring (bicyclic) bond motifs is 2. The van der Waals surface area contributed by atoms with E-state index in [9.17, 15) is 14.4 Å². The average molecular weight is 549 g/mol. The molecule has 0 bridgehead atoms. The number of nitrogens with zero attached hydrogens (tertiary/aromatic N) is 1. The molecule has 36 heavy (non-hydrogen) atoms. The molecule has 0 fully saturated rings. The van der Waals surface area contributed by atoms with Crippen LogP contribution in [0.5, 0.6) is 11.5 Å². The fourth-order valence-corrected chi connectivity index (χ4v) is 4.41. The number of anilines is 2. The number of aryl methyl sites for hydroxylation is 2. The molecular weight excluding hydrogens is 528 g/mol. The van der Waals surface area contributed by atoms with Gasteiger partial charge in [0.1, 0.15) is 5.69 Å². The highest BCUT2D eigenvalue weighted by Crippen LogP contribution is 2.34. The van der Waals surface area contributed by atoms with Gasteiger partial charge in [-0.05, 0) is 73.5 Å². The minimum absolute atomic E-state index is 0.0942. The minimum Gasteiger partial charge on any atom is -0.454 e. The summed E-state index contributed by atoms with van der Waals surface area (Å²) < 4.78 is 12.7. The van der Waals surface area contributed by atoms with E-state index in [-0.39, 0.29) is 12.5 Å². The highest BCUT2D eigenvalue weighted by Gasteiger charge is 2.22. The second-order valence-corrected chi connectivity index (χ2v) is 9.28. The predicted molar refractivity (Wildman–Crippen MR) is 139 cm³/mol. The largest absolute Gasteiger partial charge is 0.454 e. The zero-order valence-corrected chi connectivity index (χ0v) is 20.9. The van der Waals surface area contributed by atoms with E-state index in [0.29, 0.717) is 33.8 Å². The third kappa shape index (κ3) is 4.76. The Labute approximate surface area is 214 Å². The maximum atomic E-state index is 13.2. The molecule has 4 aromatic rings. The van der Waals surface area contributed by atoms with E-state index in [1.807, 2.05) is 38.1 Å². The summed E-state index contributed by atoms with van der Waals surface area (Å²) >= 11 is 3.42. The van der Waals surface area contributed by atoms with E-state index in [4.69, 9.17) is 9.47 Å². The van der Waals surface area contributed by atoms with Gasteiger partial charge in [0.15, 0.2) is 11.5 Å². The average Bonchev–Trinajstić information content (AvgIpc) is 3.42. The zero-order valence-electron chi connectivity index (χ0n) is 19.3. The number of hydrogen-bond donors (Lipinski definition) is 3. The maximum Gasteiger partial charge on any atom is 0.328 e. The molecule has 3 aromatic carbocycles. The van der Waals surface area contributed by atoms with E-state index in [1.54, 1.807) is 36.4 Å². The van der Waals surface area contributed by atoms with Gasteiger partial charge in [0.25, 0.3) is 5.91 Å². The Kier molecular flexibility index (Phi) is 6.11. The van der Waals surface area contributed by atoms with Crippen LogP contribution in [-0.2, 0) is 9.59 Å². The molecule has 3 N–H and O–H groups in total. The van der Waals surface area contributed by atoms with Crippen LogP contribution in [0.15, 0.2) is 65.1 Å². The van der Waals surface area contributed by atoms with Gasteiger partial charge in [0, 0.05) is 27.3 Å². The molecule has 5 rings (SSSR count). The van der Waals surface area contributed by atoms with Gasteiger partial charge in [0.2, 0.25) is 6.79 Å². The van der Waals surface area contributed by atoms with Crippen molar-refractivity contribution in [1.29, 1.82) is 0 Å². The molecule has 0 radical (unpaired) electrons. The molecule has 0 spiro atoms. The number of carbonyl (C=O) groups is 3. The van der Waals surface area contributed by atoms with Gasteiger partial charge in [-0.1, -0.05) is 22.0 Å². The monoisotopic (exact) mass is 548 g/mol. The fraction of sp³-hybridized carbons (Fsp3) is 0.115. The molecular formula is C26H21BrN4O5. The van der Waals surface area contributed by atoms with E-state index in [0.717, 1.165) is 15.6 Å². The molecule has 0 saturated carbocycles. The predicted octanol–water partition coefficient (Wildman–Crippen LogP) is 4.71. The quantitative estimate of drug-likeness (QED) is 0.320. The number of hydrogen-bond acceptors (Lipinski definition) is 5. The van der Waals surface area contributed by atoms with Crippen LogP contribution in [0.1, 0.15) is 21.6 Å². The second kappa shape index (κ2) is 9.38. The van der Waals surface area contributed by atoms with Crippen molar-refractivity contribution < 1.29 is 23.9 Å². The van der Waals surface area contributed by atoms with E-state index < -0.39 is 17.7 Å². The van der Waals surface area contributed by atoms with Gasteiger partial charge in [-0.3, -0.25) is 19.8 Å². The van der Waals surface area contributed by atoms with Crippen LogP contribution >= 0.6 is 15.9 Å². The standard InChI is InChI=1S/C26H21BrN4O5/c1-14-7-15(2)9-19(8-14)29-24(32)21-11-16-10-17(27)3-5-20(16)31(21)30-26(34)25(33)28-18-4-6-22-23(12-18)36-13-35-22/h3-12H,13H2,1-2H3,(H,28,33)(H,29,32)(H,30,34). The highest BCUT2D eigenvalue weighted by atomic mass is 79.9. The minimum atomic E-state index is -0.950. The van der Waals surface area contributed by atoms with Gasteiger partial charge >= 0.3 is 11.8 Å². The topological polar surface area (TPSA) is 111 Å². The van der Waals surface area contributed by atoms with Crippen molar-refractivity contribution in [1.82, 2.24) is 4.68 Å². The summed E-state index contributed by atoms with van der Waals surface area (Å²) in [7, 11) is 0. The molecule has 0 unspecified atom stereocenters. The van der Waals surface area contributed by atoms with Crippen LogP contribution in [0, 0.1) is 13.8 Å². The van der Waals surface area contributed by atoms with Gasteiger partial charge in [-0.15, -0.1) is 0 Å². The molecule has 0 saturated heterocycles. The molecule has 1 aliphatic heterocycles. The first-order valence-corrected chi connectivity index (χ1v) is 11.8. The lowest BCUT2D eigenvalue weighted by Crippen LogP contribution is -2.36. The first kappa shape index (κ1) is 23.4. The Balaban J connectivity index is 1.41. The number of nitrogens with one attached hydrogen (secondary N) is 3. The first-order valence-electron chi connectivity index (χ1n) is 11.0. The summed E-state index contributed by atoms with van der Waals surface area (Å²) in [6.45, 7) is 3.98. The summed E-state index contributed by atoms with van der Waals surface area (Å²) in [5, 5.41) is 6.11. The Bertz CT molecular complexity index is 1520. The number of benzene rings is 3. The molecule has 1 aromatic heterocycles. The Morgan fingerprint density at radius 2 is 1.56 bits per heavy atom. The van der Waals surface area contributed by atoms with Crippen molar-refractivity contribution in [2.45, 2.75) is 13.8 Å². The number of ether oxygens (including phenoxy) is 2. The van der Waals surface area contributed by atoms with Crippen molar-refractivity contribution in [3.8, 4) is 11.5 Å². The van der Waals surface area contributed by atoms with Crippen LogP contribution in [0.3, 0.4) is 0 Å². The van der Waals surface area contributed by atoms with Crippen LogP contribution in [-0.4, -0.2) is 29.2 Å². The molecule has 3 amide bonds. The van der Waals surface area contributed by atoms with E-state index in [1.165, 1.54) is 4.68 Å². The lowest BCUT2D eigenvalue weighted by atomic mass is 10.1. The SMILES string of the molecule is Cc1cc(C)cc(NC(=O)c2cc3cc(Br)ccc3n2NC(=O)C(=O)Nc2ccc3c(c2)OCO3)c1. The zero-order chi connectivity index (χ0) is 25.4. The lowest BCUT2D eigenvalue weighted by molar-refractivity contribution is -0.133. The fourth-order valence-electron chi connectivity index (χ4n) is 4.03. The van der Waals surface area contributed by atoms with Crippen molar-refractivity contribution in [2.24, 2.45) is 0 Å².